The Morgan fingerprint density at radius 1 is 0.793 bits per heavy atom. The summed E-state index contributed by atoms with van der Waals surface area (Å²) in [5.74, 6) is -0.483. The number of ether oxygens (including phenoxy) is 2. The van der Waals surface area contributed by atoms with Gasteiger partial charge in [0.25, 0.3) is 5.91 Å². The molecule has 3 unspecified atom stereocenters. The number of rotatable bonds is 16. The molecule has 5 atom stereocenters. The van der Waals surface area contributed by atoms with Gasteiger partial charge in [0.15, 0.2) is 12.4 Å². The Kier molecular flexibility index (Phi) is 14.5. The van der Waals surface area contributed by atoms with Gasteiger partial charge in [0.2, 0.25) is 0 Å². The van der Waals surface area contributed by atoms with Crippen LogP contribution in [-0.2, 0) is 14.3 Å². The maximum absolute atomic E-state index is 12.4. The maximum Gasteiger partial charge on any atom is 0.252 e. The Labute approximate surface area is 176 Å². The minimum atomic E-state index is -1.48. The number of nitrogens with one attached hydrogen (secondary N) is 1. The quantitative estimate of drug-likeness (QED) is 0.288. The van der Waals surface area contributed by atoms with Crippen LogP contribution in [0, 0.1) is 0 Å². The summed E-state index contributed by atoms with van der Waals surface area (Å²) < 4.78 is 10.9. The van der Waals surface area contributed by atoms with Crippen molar-refractivity contribution in [1.29, 1.82) is 0 Å². The van der Waals surface area contributed by atoms with E-state index >= 15 is 0 Å². The van der Waals surface area contributed by atoms with E-state index in [9.17, 15) is 20.1 Å². The number of hydrogen-bond donors (Lipinski definition) is 4. The number of aliphatic hydroxyl groups is 3. The summed E-state index contributed by atoms with van der Waals surface area (Å²) in [6, 6.07) is 0. The average Bonchev–Trinajstić information content (AvgIpc) is 2.72. The molecule has 1 fully saturated rings. The largest absolute Gasteiger partial charge is 0.387 e. The molecule has 0 bridgehead atoms. The van der Waals surface area contributed by atoms with Gasteiger partial charge in [-0.1, -0.05) is 78.1 Å². The molecular formula is C22H43NO6. The summed E-state index contributed by atoms with van der Waals surface area (Å²) in [4.78, 5) is 12.4. The van der Waals surface area contributed by atoms with Gasteiger partial charge in [-0.05, 0) is 12.8 Å². The highest BCUT2D eigenvalue weighted by Crippen LogP contribution is 2.22. The van der Waals surface area contributed by atoms with E-state index in [2.05, 4.69) is 12.2 Å². The lowest BCUT2D eigenvalue weighted by Gasteiger charge is -2.39. The Balaban J connectivity index is 2.20. The van der Waals surface area contributed by atoms with Gasteiger partial charge >= 0.3 is 0 Å². The third kappa shape index (κ3) is 10.2. The second-order valence-electron chi connectivity index (χ2n) is 8.09. The van der Waals surface area contributed by atoms with E-state index in [1.54, 1.807) is 0 Å². The molecule has 0 radical (unpaired) electrons. The fourth-order valence-electron chi connectivity index (χ4n) is 3.47. The van der Waals surface area contributed by atoms with Crippen molar-refractivity contribution in [3.8, 4) is 0 Å². The number of carbonyl (C=O) groups excluding carboxylic acids is 1. The summed E-state index contributed by atoms with van der Waals surface area (Å²) >= 11 is 0. The highest BCUT2D eigenvalue weighted by Gasteiger charge is 2.47. The SMILES string of the molecule is CCCCCCCCCCCCNC(=O)C1OC(OCCCC)C(O)[C@@H](O)[C@@H]1O. The normalized spacial score (nSPS) is 27.1. The van der Waals surface area contributed by atoms with Gasteiger partial charge in [-0.15, -0.1) is 0 Å². The summed E-state index contributed by atoms with van der Waals surface area (Å²) in [7, 11) is 0. The molecule has 1 rings (SSSR count). The highest BCUT2D eigenvalue weighted by atomic mass is 16.7. The van der Waals surface area contributed by atoms with Gasteiger partial charge in [-0.25, -0.2) is 0 Å². The molecule has 0 aromatic carbocycles. The summed E-state index contributed by atoms with van der Waals surface area (Å²) in [5.41, 5.74) is 0. The molecule has 0 aromatic heterocycles. The molecule has 0 aromatic rings. The zero-order valence-electron chi connectivity index (χ0n) is 18.4. The lowest BCUT2D eigenvalue weighted by atomic mass is 9.98. The van der Waals surface area contributed by atoms with Crippen molar-refractivity contribution in [3.63, 3.8) is 0 Å². The molecule has 1 aliphatic heterocycles. The third-order valence-electron chi connectivity index (χ3n) is 5.44. The van der Waals surface area contributed by atoms with E-state index in [1.165, 1.54) is 44.9 Å². The van der Waals surface area contributed by atoms with Crippen LogP contribution < -0.4 is 5.32 Å². The van der Waals surface area contributed by atoms with Crippen molar-refractivity contribution in [3.05, 3.63) is 0 Å². The predicted molar refractivity (Wildman–Crippen MR) is 112 cm³/mol. The molecular weight excluding hydrogens is 374 g/mol. The minimum absolute atomic E-state index is 0.355. The molecule has 4 N–H and O–H groups in total. The summed E-state index contributed by atoms with van der Waals surface area (Å²) in [6.45, 7) is 5.09. The average molecular weight is 418 g/mol. The Morgan fingerprint density at radius 2 is 1.34 bits per heavy atom. The zero-order valence-corrected chi connectivity index (χ0v) is 18.4. The van der Waals surface area contributed by atoms with Gasteiger partial charge in [0.1, 0.15) is 18.3 Å². The van der Waals surface area contributed by atoms with Crippen LogP contribution >= 0.6 is 0 Å². The topological polar surface area (TPSA) is 108 Å². The fourth-order valence-corrected chi connectivity index (χ4v) is 3.47. The predicted octanol–water partition coefficient (Wildman–Crippen LogP) is 2.65. The van der Waals surface area contributed by atoms with Crippen LogP contribution in [0.5, 0.6) is 0 Å². The molecule has 1 aliphatic rings. The van der Waals surface area contributed by atoms with Crippen molar-refractivity contribution in [1.82, 2.24) is 5.32 Å². The number of aliphatic hydroxyl groups excluding tert-OH is 3. The molecule has 1 heterocycles. The first-order valence-corrected chi connectivity index (χ1v) is 11.6. The highest BCUT2D eigenvalue weighted by molar-refractivity contribution is 5.81. The fraction of sp³-hybridized carbons (Fsp3) is 0.955. The van der Waals surface area contributed by atoms with Gasteiger partial charge < -0.3 is 30.1 Å². The lowest BCUT2D eigenvalue weighted by Crippen LogP contribution is -2.62. The van der Waals surface area contributed by atoms with Crippen molar-refractivity contribution < 1.29 is 29.6 Å². The zero-order chi connectivity index (χ0) is 21.5. The van der Waals surface area contributed by atoms with E-state index in [-0.39, 0.29) is 0 Å². The molecule has 1 amide bonds. The van der Waals surface area contributed by atoms with E-state index < -0.39 is 36.6 Å². The van der Waals surface area contributed by atoms with E-state index in [0.29, 0.717) is 13.2 Å². The van der Waals surface area contributed by atoms with E-state index in [4.69, 9.17) is 9.47 Å². The summed E-state index contributed by atoms with van der Waals surface area (Å²) in [6.07, 6.45) is 7.15. The van der Waals surface area contributed by atoms with Crippen LogP contribution in [0.4, 0.5) is 0 Å². The van der Waals surface area contributed by atoms with Crippen LogP contribution in [0.25, 0.3) is 0 Å². The van der Waals surface area contributed by atoms with Crippen LogP contribution in [0.3, 0.4) is 0 Å². The molecule has 1 saturated heterocycles. The van der Waals surface area contributed by atoms with Gasteiger partial charge in [0.05, 0.1) is 0 Å². The molecule has 0 spiro atoms. The van der Waals surface area contributed by atoms with Crippen molar-refractivity contribution in [2.45, 2.75) is 122 Å². The number of unbranched alkanes of at least 4 members (excludes halogenated alkanes) is 10. The monoisotopic (exact) mass is 417 g/mol. The van der Waals surface area contributed by atoms with Gasteiger partial charge in [0, 0.05) is 13.2 Å². The van der Waals surface area contributed by atoms with Crippen LogP contribution in [-0.4, -0.2) is 65.1 Å². The molecule has 0 saturated carbocycles. The second kappa shape index (κ2) is 16.0. The van der Waals surface area contributed by atoms with Gasteiger partial charge in [-0.2, -0.15) is 0 Å². The Bertz CT molecular complexity index is 422. The van der Waals surface area contributed by atoms with Crippen LogP contribution in [0.2, 0.25) is 0 Å². The summed E-state index contributed by atoms with van der Waals surface area (Å²) in [5, 5.41) is 32.9. The molecule has 7 heteroatoms. The first kappa shape index (κ1) is 26.3. The molecule has 7 nitrogen and oxygen atoms in total. The number of amides is 1. The van der Waals surface area contributed by atoms with Crippen LogP contribution in [0.15, 0.2) is 0 Å². The van der Waals surface area contributed by atoms with Crippen molar-refractivity contribution in [2.24, 2.45) is 0 Å². The van der Waals surface area contributed by atoms with Gasteiger partial charge in [-0.3, -0.25) is 4.79 Å². The van der Waals surface area contributed by atoms with Crippen LogP contribution in [0.1, 0.15) is 90.9 Å². The van der Waals surface area contributed by atoms with Crippen molar-refractivity contribution in [2.75, 3.05) is 13.2 Å². The Morgan fingerprint density at radius 3 is 1.93 bits per heavy atom. The first-order chi connectivity index (χ1) is 14.0. The smallest absolute Gasteiger partial charge is 0.252 e. The first-order valence-electron chi connectivity index (χ1n) is 11.6. The van der Waals surface area contributed by atoms with E-state index in [1.807, 2.05) is 6.92 Å². The lowest BCUT2D eigenvalue weighted by molar-refractivity contribution is -0.290. The number of hydrogen-bond acceptors (Lipinski definition) is 6. The standard InChI is InChI=1S/C22H43NO6/c1-3-5-7-8-9-10-11-12-13-14-15-23-21(27)20-18(25)17(24)19(26)22(29-20)28-16-6-4-2/h17-20,22,24-26H,3-16H2,1-2H3,(H,23,27)/t17-,18-,19?,20?,22?/m0/s1. The Hall–Kier alpha value is -0.730. The molecule has 172 valence electrons. The van der Waals surface area contributed by atoms with E-state index in [0.717, 1.165) is 32.1 Å². The minimum Gasteiger partial charge on any atom is -0.387 e. The van der Waals surface area contributed by atoms with Crippen molar-refractivity contribution >= 4 is 5.91 Å². The maximum atomic E-state index is 12.4. The second-order valence-corrected chi connectivity index (χ2v) is 8.09. The number of carbonyl (C=O) groups is 1. The third-order valence-corrected chi connectivity index (χ3v) is 5.44. The molecule has 29 heavy (non-hydrogen) atoms. The molecule has 0 aliphatic carbocycles.